The number of halogens is 1. The highest BCUT2D eigenvalue weighted by Gasteiger charge is 2.08. The minimum atomic E-state index is -0.270. The van der Waals surface area contributed by atoms with E-state index in [2.05, 4.69) is 10.3 Å². The first-order chi connectivity index (χ1) is 8.56. The molecule has 2 N–H and O–H groups in total. The van der Waals surface area contributed by atoms with Gasteiger partial charge >= 0.3 is 0 Å². The maximum atomic E-state index is 11.9. The van der Waals surface area contributed by atoms with Gasteiger partial charge in [0.15, 0.2) is 0 Å². The van der Waals surface area contributed by atoms with Crippen molar-refractivity contribution in [2.45, 2.75) is 6.92 Å². The number of nitrogens with zero attached hydrogens (tertiary/aromatic N) is 1. The molecular formula is C13H11ClN2O2. The fraction of sp³-hybridized carbons (Fsp3) is 0.0769. The van der Waals surface area contributed by atoms with Crippen LogP contribution in [-0.2, 0) is 0 Å². The van der Waals surface area contributed by atoms with Gasteiger partial charge < -0.3 is 10.4 Å². The zero-order valence-corrected chi connectivity index (χ0v) is 10.4. The van der Waals surface area contributed by atoms with Gasteiger partial charge in [-0.15, -0.1) is 0 Å². The van der Waals surface area contributed by atoms with Crippen molar-refractivity contribution < 1.29 is 9.90 Å². The zero-order valence-electron chi connectivity index (χ0n) is 9.64. The second kappa shape index (κ2) is 5.06. The van der Waals surface area contributed by atoms with Gasteiger partial charge in [-0.3, -0.25) is 9.78 Å². The molecule has 0 spiro atoms. The fourth-order valence-corrected chi connectivity index (χ4v) is 1.65. The average molecular weight is 263 g/mol. The van der Waals surface area contributed by atoms with Gasteiger partial charge in [0.05, 0.1) is 10.6 Å². The Balaban J connectivity index is 2.18. The summed E-state index contributed by atoms with van der Waals surface area (Å²) in [5.41, 5.74) is 1.90. The third-order valence-corrected chi connectivity index (χ3v) is 2.65. The molecule has 0 radical (unpaired) electrons. The monoisotopic (exact) mass is 262 g/mol. The van der Waals surface area contributed by atoms with Crippen molar-refractivity contribution in [3.8, 4) is 5.75 Å². The lowest BCUT2D eigenvalue weighted by atomic mass is 10.2. The molecule has 2 rings (SSSR count). The first-order valence-electron chi connectivity index (χ1n) is 5.28. The summed E-state index contributed by atoms with van der Waals surface area (Å²) >= 11 is 5.75. The Labute approximate surface area is 109 Å². The number of benzene rings is 1. The van der Waals surface area contributed by atoms with E-state index in [-0.39, 0.29) is 16.7 Å². The summed E-state index contributed by atoms with van der Waals surface area (Å²) in [5, 5.41) is 12.1. The molecule has 1 aromatic heterocycles. The highest BCUT2D eigenvalue weighted by atomic mass is 35.5. The quantitative estimate of drug-likeness (QED) is 0.818. The number of carbonyl (C=O) groups excluding carboxylic acids is 1. The van der Waals surface area contributed by atoms with Gasteiger partial charge in [-0.2, -0.15) is 0 Å². The van der Waals surface area contributed by atoms with Gasteiger partial charge in [0, 0.05) is 18.1 Å². The first-order valence-corrected chi connectivity index (χ1v) is 5.65. The van der Waals surface area contributed by atoms with Crippen LogP contribution in [0.1, 0.15) is 15.9 Å². The number of aryl methyl sites for hydroxylation is 1. The van der Waals surface area contributed by atoms with Crippen molar-refractivity contribution in [3.05, 3.63) is 52.8 Å². The number of hydrogen-bond donors (Lipinski definition) is 2. The Morgan fingerprint density at radius 3 is 2.78 bits per heavy atom. The van der Waals surface area contributed by atoms with Crippen LogP contribution in [0.3, 0.4) is 0 Å². The third kappa shape index (κ3) is 2.78. The predicted molar refractivity (Wildman–Crippen MR) is 70.0 cm³/mol. The van der Waals surface area contributed by atoms with Crippen molar-refractivity contribution in [2.75, 3.05) is 5.32 Å². The number of phenols is 1. The van der Waals surface area contributed by atoms with Crippen molar-refractivity contribution in [1.29, 1.82) is 0 Å². The normalized spacial score (nSPS) is 10.1. The van der Waals surface area contributed by atoms with Gasteiger partial charge in [-0.25, -0.2) is 0 Å². The highest BCUT2D eigenvalue weighted by Crippen LogP contribution is 2.26. The molecule has 5 heteroatoms. The average Bonchev–Trinajstić information content (AvgIpc) is 2.34. The van der Waals surface area contributed by atoms with E-state index < -0.39 is 0 Å². The van der Waals surface area contributed by atoms with E-state index in [1.165, 1.54) is 18.3 Å². The van der Waals surface area contributed by atoms with Crippen LogP contribution in [0, 0.1) is 6.92 Å². The number of carbonyl (C=O) groups is 1. The molecule has 0 aliphatic rings. The summed E-state index contributed by atoms with van der Waals surface area (Å²) < 4.78 is 0. The van der Waals surface area contributed by atoms with Gasteiger partial charge in [-0.1, -0.05) is 11.6 Å². The smallest absolute Gasteiger partial charge is 0.257 e. The largest absolute Gasteiger partial charge is 0.506 e. The summed E-state index contributed by atoms with van der Waals surface area (Å²) in [4.78, 5) is 15.9. The van der Waals surface area contributed by atoms with Crippen molar-refractivity contribution in [3.63, 3.8) is 0 Å². The predicted octanol–water partition coefficient (Wildman–Crippen LogP) is 3.00. The molecular weight excluding hydrogens is 252 g/mol. The van der Waals surface area contributed by atoms with Crippen molar-refractivity contribution in [2.24, 2.45) is 0 Å². The summed E-state index contributed by atoms with van der Waals surface area (Å²) in [5.74, 6) is -0.292. The van der Waals surface area contributed by atoms with E-state index in [1.54, 1.807) is 18.3 Å². The molecule has 1 heterocycles. The fourth-order valence-electron chi connectivity index (χ4n) is 1.47. The van der Waals surface area contributed by atoms with Crippen LogP contribution in [0.15, 0.2) is 36.7 Å². The molecule has 0 bridgehead atoms. The third-order valence-electron chi connectivity index (χ3n) is 2.34. The molecule has 0 fully saturated rings. The summed E-state index contributed by atoms with van der Waals surface area (Å²) in [7, 11) is 0. The maximum absolute atomic E-state index is 11.9. The van der Waals surface area contributed by atoms with E-state index >= 15 is 0 Å². The van der Waals surface area contributed by atoms with Crippen LogP contribution >= 0.6 is 11.6 Å². The van der Waals surface area contributed by atoms with E-state index in [4.69, 9.17) is 11.6 Å². The molecule has 4 nitrogen and oxygen atoms in total. The number of pyridine rings is 1. The van der Waals surface area contributed by atoms with E-state index in [0.29, 0.717) is 11.3 Å². The molecule has 18 heavy (non-hydrogen) atoms. The topological polar surface area (TPSA) is 62.2 Å². The molecule has 1 amide bonds. The van der Waals surface area contributed by atoms with Crippen molar-refractivity contribution in [1.82, 2.24) is 4.98 Å². The number of anilines is 1. The number of aromatic hydroxyl groups is 1. The molecule has 92 valence electrons. The minimum absolute atomic E-state index is 0.0214. The Bertz CT molecular complexity index is 599. The van der Waals surface area contributed by atoms with Crippen LogP contribution in [-0.4, -0.2) is 16.0 Å². The van der Waals surface area contributed by atoms with Gasteiger partial charge in [0.2, 0.25) is 0 Å². The summed E-state index contributed by atoms with van der Waals surface area (Å²) in [6.07, 6.45) is 3.17. The Hall–Kier alpha value is -2.07. The van der Waals surface area contributed by atoms with Crippen LogP contribution in [0.4, 0.5) is 5.69 Å². The summed E-state index contributed by atoms with van der Waals surface area (Å²) in [6, 6.07) is 6.22. The second-order valence-electron chi connectivity index (χ2n) is 3.87. The minimum Gasteiger partial charge on any atom is -0.506 e. The van der Waals surface area contributed by atoms with E-state index in [1.807, 2.05) is 6.92 Å². The SMILES string of the molecule is Cc1cncc(C(=O)Nc2ccc(O)c(Cl)c2)c1. The van der Waals surface area contributed by atoms with Gasteiger partial charge in [0.25, 0.3) is 5.91 Å². The second-order valence-corrected chi connectivity index (χ2v) is 4.28. The van der Waals surface area contributed by atoms with Crippen LogP contribution in [0.2, 0.25) is 5.02 Å². The Morgan fingerprint density at radius 2 is 2.11 bits per heavy atom. The van der Waals surface area contributed by atoms with E-state index in [0.717, 1.165) is 5.56 Å². The lowest BCUT2D eigenvalue weighted by Crippen LogP contribution is -2.12. The lowest BCUT2D eigenvalue weighted by molar-refractivity contribution is 0.102. The van der Waals surface area contributed by atoms with E-state index in [9.17, 15) is 9.90 Å². The molecule has 0 aliphatic heterocycles. The number of nitrogens with one attached hydrogen (secondary N) is 1. The molecule has 2 aromatic rings. The highest BCUT2D eigenvalue weighted by molar-refractivity contribution is 6.32. The Morgan fingerprint density at radius 1 is 1.33 bits per heavy atom. The van der Waals surface area contributed by atoms with Gasteiger partial charge in [0.1, 0.15) is 5.75 Å². The van der Waals surface area contributed by atoms with Crippen molar-refractivity contribution >= 4 is 23.2 Å². The standard InChI is InChI=1S/C13H11ClN2O2/c1-8-4-9(7-15-6-8)13(18)16-10-2-3-12(17)11(14)5-10/h2-7,17H,1H3,(H,16,18). The molecule has 0 aliphatic carbocycles. The summed E-state index contributed by atoms with van der Waals surface area (Å²) in [6.45, 7) is 1.86. The number of phenolic OH excluding ortho intramolecular Hbond substituents is 1. The number of aromatic nitrogens is 1. The number of amides is 1. The molecule has 0 saturated carbocycles. The molecule has 0 atom stereocenters. The first kappa shape index (κ1) is 12.4. The number of hydrogen-bond acceptors (Lipinski definition) is 3. The maximum Gasteiger partial charge on any atom is 0.257 e. The van der Waals surface area contributed by atoms with Crippen LogP contribution in [0.5, 0.6) is 5.75 Å². The molecule has 0 saturated heterocycles. The molecule has 1 aromatic carbocycles. The zero-order chi connectivity index (χ0) is 13.1. The Kier molecular flexibility index (Phi) is 3.48. The van der Waals surface area contributed by atoms with Crippen LogP contribution < -0.4 is 5.32 Å². The lowest BCUT2D eigenvalue weighted by Gasteiger charge is -2.06. The molecule has 0 unspecified atom stereocenters. The van der Waals surface area contributed by atoms with Gasteiger partial charge in [-0.05, 0) is 36.8 Å². The number of rotatable bonds is 2. The van der Waals surface area contributed by atoms with Crippen LogP contribution in [0.25, 0.3) is 0 Å².